The van der Waals surface area contributed by atoms with Crippen molar-refractivity contribution < 1.29 is 0 Å². The maximum Gasteiger partial charge on any atom is 0.0542 e. The van der Waals surface area contributed by atoms with Crippen molar-refractivity contribution in [1.29, 1.82) is 0 Å². The third kappa shape index (κ3) is 6.25. The summed E-state index contributed by atoms with van der Waals surface area (Å²) in [6.07, 6.45) is 0. The quantitative estimate of drug-likeness (QED) is 0.164. The van der Waals surface area contributed by atoms with E-state index < -0.39 is 0 Å². The fourth-order valence-corrected chi connectivity index (χ4v) is 10.4. The summed E-state index contributed by atoms with van der Waals surface area (Å²) in [5.41, 5.74) is 18.2. The number of nitrogens with zero attached hydrogens (tertiary/aromatic N) is 3. The van der Waals surface area contributed by atoms with Gasteiger partial charge in [0.15, 0.2) is 0 Å². The van der Waals surface area contributed by atoms with Gasteiger partial charge in [0.2, 0.25) is 0 Å². The van der Waals surface area contributed by atoms with E-state index in [1.54, 1.807) is 0 Å². The van der Waals surface area contributed by atoms with E-state index in [0.717, 1.165) is 17.1 Å². The molecule has 12 aromatic rings. The minimum absolute atomic E-state index is 0.0278. The molecule has 3 heteroatoms. The highest BCUT2D eigenvalue weighted by atomic mass is 15.0. The molecule has 0 saturated heterocycles. The zero-order valence-electron chi connectivity index (χ0n) is 37.9. The molecule has 0 aliphatic rings. The van der Waals surface area contributed by atoms with Crippen LogP contribution in [0.15, 0.2) is 200 Å². The van der Waals surface area contributed by atoms with Crippen LogP contribution in [0.25, 0.3) is 105 Å². The van der Waals surface area contributed by atoms with Gasteiger partial charge in [-0.05, 0) is 129 Å². The zero-order valence-corrected chi connectivity index (χ0v) is 37.9. The fourth-order valence-electron chi connectivity index (χ4n) is 10.4. The normalized spacial score (nSPS) is 12.5. The first kappa shape index (κ1) is 39.0. The second kappa shape index (κ2) is 14.5. The number of benzene rings is 9. The van der Waals surface area contributed by atoms with Gasteiger partial charge in [0, 0.05) is 49.4 Å². The van der Waals surface area contributed by atoms with E-state index in [9.17, 15) is 0 Å². The van der Waals surface area contributed by atoms with Crippen molar-refractivity contribution in [2.24, 2.45) is 0 Å². The summed E-state index contributed by atoms with van der Waals surface area (Å²) in [6, 6.07) is 74.5. The van der Waals surface area contributed by atoms with E-state index in [2.05, 4.69) is 255 Å². The molecule has 12 rings (SSSR count). The Hall–Kier alpha value is -7.62. The van der Waals surface area contributed by atoms with E-state index >= 15 is 0 Å². The molecular formula is C62H51N3. The first-order chi connectivity index (χ1) is 31.5. The molecule has 0 amide bonds. The van der Waals surface area contributed by atoms with Crippen LogP contribution in [0.1, 0.15) is 52.7 Å². The van der Waals surface area contributed by atoms with Crippen molar-refractivity contribution in [3.8, 4) is 39.3 Å². The van der Waals surface area contributed by atoms with Gasteiger partial charge < -0.3 is 13.7 Å². The van der Waals surface area contributed by atoms with Gasteiger partial charge in [-0.2, -0.15) is 0 Å². The number of aromatic nitrogens is 3. The number of para-hydroxylation sites is 2. The average Bonchev–Trinajstić information content (AvgIpc) is 3.96. The van der Waals surface area contributed by atoms with Crippen molar-refractivity contribution in [3.63, 3.8) is 0 Å². The molecule has 0 unspecified atom stereocenters. The summed E-state index contributed by atoms with van der Waals surface area (Å²) in [5.74, 6) is 0. The minimum atomic E-state index is 0.0278. The zero-order chi connectivity index (χ0) is 44.2. The van der Waals surface area contributed by atoms with Crippen LogP contribution in [0, 0.1) is 0 Å². The summed E-state index contributed by atoms with van der Waals surface area (Å²) in [6.45, 7) is 13.9. The topological polar surface area (TPSA) is 14.8 Å². The third-order valence-electron chi connectivity index (χ3n) is 13.8. The smallest absolute Gasteiger partial charge is 0.0542 e. The van der Waals surface area contributed by atoms with E-state index in [4.69, 9.17) is 0 Å². The molecule has 0 saturated carbocycles. The van der Waals surface area contributed by atoms with Crippen LogP contribution in [-0.2, 0) is 10.8 Å². The molecule has 0 N–H and O–H groups in total. The molecule has 0 radical (unpaired) electrons. The second-order valence-corrected chi connectivity index (χ2v) is 19.9. The van der Waals surface area contributed by atoms with Gasteiger partial charge >= 0.3 is 0 Å². The number of fused-ring (bicyclic) bond motifs is 9. The monoisotopic (exact) mass is 837 g/mol. The van der Waals surface area contributed by atoms with Crippen LogP contribution in [0.3, 0.4) is 0 Å². The summed E-state index contributed by atoms with van der Waals surface area (Å²) in [7, 11) is 0. The molecule has 0 aliphatic heterocycles. The van der Waals surface area contributed by atoms with Gasteiger partial charge in [0.25, 0.3) is 0 Å². The molecule has 0 fully saturated rings. The Morgan fingerprint density at radius 3 is 1.12 bits per heavy atom. The summed E-state index contributed by atoms with van der Waals surface area (Å²) in [5, 5.41) is 7.53. The van der Waals surface area contributed by atoms with Gasteiger partial charge in [-0.15, -0.1) is 0 Å². The fraction of sp³-hybridized carbons (Fsp3) is 0.129. The maximum absolute atomic E-state index is 2.49. The lowest BCUT2D eigenvalue weighted by atomic mass is 9.85. The first-order valence-electron chi connectivity index (χ1n) is 22.9. The molecule has 3 aromatic heterocycles. The predicted molar refractivity (Wildman–Crippen MR) is 278 cm³/mol. The molecule has 9 aromatic carbocycles. The van der Waals surface area contributed by atoms with E-state index in [1.165, 1.54) is 98.8 Å². The standard InChI is InChI=1S/C62H51N3/c1-61(2,3)42-27-31-57-51(36-42)52-37-43(62(4,5)6)28-32-58(52)65(57)46-30-34-60-54(39-46)53-38-45(64-55-25-14-12-23-49(55)50-24-13-15-26-56(50)64)29-33-59(53)63(60)44-20-16-19-41(35-44)48-22-11-10-21-47(48)40-17-8-7-9-18-40/h7-39H,1-6H3. The molecule has 0 aliphatic carbocycles. The van der Waals surface area contributed by atoms with Crippen molar-refractivity contribution in [2.75, 3.05) is 0 Å². The van der Waals surface area contributed by atoms with Gasteiger partial charge in [-0.1, -0.05) is 157 Å². The molecule has 3 heterocycles. The van der Waals surface area contributed by atoms with Crippen LogP contribution in [0.2, 0.25) is 0 Å². The molecule has 3 nitrogen and oxygen atoms in total. The summed E-state index contributed by atoms with van der Waals surface area (Å²) >= 11 is 0. The molecule has 0 atom stereocenters. The van der Waals surface area contributed by atoms with Crippen LogP contribution in [0.5, 0.6) is 0 Å². The minimum Gasteiger partial charge on any atom is -0.309 e. The third-order valence-corrected chi connectivity index (χ3v) is 13.8. The predicted octanol–water partition coefficient (Wildman–Crippen LogP) is 16.9. The van der Waals surface area contributed by atoms with Crippen LogP contribution in [0.4, 0.5) is 0 Å². The molecular weight excluding hydrogens is 787 g/mol. The van der Waals surface area contributed by atoms with Crippen molar-refractivity contribution >= 4 is 65.4 Å². The Kier molecular flexibility index (Phi) is 8.67. The lowest BCUT2D eigenvalue weighted by Gasteiger charge is -2.19. The van der Waals surface area contributed by atoms with Crippen LogP contribution >= 0.6 is 0 Å². The van der Waals surface area contributed by atoms with Gasteiger partial charge in [-0.25, -0.2) is 0 Å². The Bertz CT molecular complexity index is 3710. The number of hydrogen-bond donors (Lipinski definition) is 0. The van der Waals surface area contributed by atoms with Gasteiger partial charge in [-0.3, -0.25) is 0 Å². The van der Waals surface area contributed by atoms with Gasteiger partial charge in [0.1, 0.15) is 0 Å². The van der Waals surface area contributed by atoms with Crippen molar-refractivity contribution in [3.05, 3.63) is 211 Å². The maximum atomic E-state index is 2.49. The summed E-state index contributed by atoms with van der Waals surface area (Å²) < 4.78 is 7.39. The van der Waals surface area contributed by atoms with E-state index in [1.807, 2.05) is 0 Å². The highest BCUT2D eigenvalue weighted by Gasteiger charge is 2.23. The van der Waals surface area contributed by atoms with Gasteiger partial charge in [0.05, 0.1) is 33.1 Å². The Morgan fingerprint density at radius 2 is 0.631 bits per heavy atom. The van der Waals surface area contributed by atoms with E-state index in [0.29, 0.717) is 0 Å². The lowest BCUT2D eigenvalue weighted by molar-refractivity contribution is 0.590. The highest BCUT2D eigenvalue weighted by molar-refractivity contribution is 6.14. The average molecular weight is 838 g/mol. The van der Waals surface area contributed by atoms with Crippen LogP contribution < -0.4 is 0 Å². The SMILES string of the molecule is CC(C)(C)c1ccc2c(c1)c1cc(C(C)(C)C)ccc1n2-c1ccc2c(c1)c1cc(-n3c4ccccc4c4ccccc43)ccc1n2-c1cccc(-c2ccccc2-c2ccccc2)c1. The molecule has 314 valence electrons. The van der Waals surface area contributed by atoms with Crippen LogP contribution in [-0.4, -0.2) is 13.7 Å². The van der Waals surface area contributed by atoms with Crippen molar-refractivity contribution in [2.45, 2.75) is 52.4 Å². The van der Waals surface area contributed by atoms with Crippen molar-refractivity contribution in [1.82, 2.24) is 13.7 Å². The molecule has 65 heavy (non-hydrogen) atoms. The summed E-state index contributed by atoms with van der Waals surface area (Å²) in [4.78, 5) is 0. The molecule has 0 bridgehead atoms. The number of hydrogen-bond acceptors (Lipinski definition) is 0. The highest BCUT2D eigenvalue weighted by Crippen LogP contribution is 2.42. The van der Waals surface area contributed by atoms with E-state index in [-0.39, 0.29) is 10.8 Å². The molecule has 0 spiro atoms. The number of rotatable bonds is 5. The largest absolute Gasteiger partial charge is 0.309 e. The Labute approximate surface area is 380 Å². The lowest BCUT2D eigenvalue weighted by Crippen LogP contribution is -2.10. The Balaban J connectivity index is 1.13. The first-order valence-corrected chi connectivity index (χ1v) is 22.9. The second-order valence-electron chi connectivity index (χ2n) is 19.9. The Morgan fingerprint density at radius 1 is 0.262 bits per heavy atom.